The van der Waals surface area contributed by atoms with Crippen molar-refractivity contribution in [2.24, 2.45) is 0 Å². The van der Waals surface area contributed by atoms with Crippen molar-refractivity contribution in [2.75, 3.05) is 0 Å². The van der Waals surface area contributed by atoms with Crippen LogP contribution in [0.15, 0.2) is 84.9 Å². The summed E-state index contributed by atoms with van der Waals surface area (Å²) in [5.74, 6) is 0. The maximum Gasteiger partial charge on any atom is 0.0491 e. The first-order valence-electron chi connectivity index (χ1n) is 10.5. The quantitative estimate of drug-likeness (QED) is 0.315. The SMILES string of the molecule is CCn1c2ccccc2c2cc(Cc3ccc4c(c3)-c3ccccc3C4)ccc21. The van der Waals surface area contributed by atoms with Gasteiger partial charge in [0.05, 0.1) is 0 Å². The Hall–Kier alpha value is -3.32. The highest BCUT2D eigenvalue weighted by atomic mass is 15.0. The molecule has 1 heterocycles. The van der Waals surface area contributed by atoms with Gasteiger partial charge in [0.15, 0.2) is 0 Å². The zero-order valence-corrected chi connectivity index (χ0v) is 16.7. The van der Waals surface area contributed by atoms with Crippen LogP contribution in [0.25, 0.3) is 32.9 Å². The molecule has 140 valence electrons. The molecule has 0 bridgehead atoms. The minimum absolute atomic E-state index is 0.969. The van der Waals surface area contributed by atoms with Gasteiger partial charge in [-0.3, -0.25) is 0 Å². The molecule has 0 atom stereocenters. The standard InChI is InChI=1S/C28H23N/c1-2-29-27-10-6-5-9-24(27)26-17-20(12-14-28(26)29)15-19-11-13-22-18-21-7-3-4-8-23(21)25(22)16-19/h3-14,16-17H,2,15,18H2,1H3. The fourth-order valence-electron chi connectivity index (χ4n) is 5.07. The number of rotatable bonds is 3. The fraction of sp³-hybridized carbons (Fsp3) is 0.143. The molecule has 0 unspecified atom stereocenters. The topological polar surface area (TPSA) is 4.93 Å². The molecule has 0 fully saturated rings. The minimum atomic E-state index is 0.969. The normalized spacial score (nSPS) is 12.4. The third-order valence-corrected chi connectivity index (χ3v) is 6.42. The lowest BCUT2D eigenvalue weighted by molar-refractivity contribution is 0.827. The molecule has 1 aliphatic rings. The number of hydrogen-bond donors (Lipinski definition) is 0. The van der Waals surface area contributed by atoms with Crippen LogP contribution in [-0.4, -0.2) is 4.57 Å². The summed E-state index contributed by atoms with van der Waals surface area (Å²) in [6.45, 7) is 3.22. The molecule has 1 aromatic heterocycles. The fourth-order valence-corrected chi connectivity index (χ4v) is 5.07. The lowest BCUT2D eigenvalue weighted by Crippen LogP contribution is -1.93. The first kappa shape index (κ1) is 16.6. The van der Waals surface area contributed by atoms with Gasteiger partial charge in [-0.15, -0.1) is 0 Å². The molecular formula is C28H23N. The number of aromatic nitrogens is 1. The van der Waals surface area contributed by atoms with Gasteiger partial charge in [0.1, 0.15) is 0 Å². The van der Waals surface area contributed by atoms with E-state index in [1.807, 2.05) is 0 Å². The Labute approximate surface area is 171 Å². The van der Waals surface area contributed by atoms with Crippen molar-refractivity contribution < 1.29 is 0 Å². The van der Waals surface area contributed by atoms with Crippen LogP contribution >= 0.6 is 0 Å². The Bertz CT molecular complexity index is 1390. The highest BCUT2D eigenvalue weighted by Crippen LogP contribution is 2.37. The number of nitrogens with zero attached hydrogens (tertiary/aromatic N) is 1. The number of benzene rings is 4. The van der Waals surface area contributed by atoms with Gasteiger partial charge in [-0.2, -0.15) is 0 Å². The zero-order chi connectivity index (χ0) is 19.4. The third kappa shape index (κ3) is 2.54. The highest BCUT2D eigenvalue weighted by Gasteiger charge is 2.18. The Kier molecular flexibility index (Phi) is 3.64. The van der Waals surface area contributed by atoms with Gasteiger partial charge in [0.2, 0.25) is 0 Å². The van der Waals surface area contributed by atoms with E-state index < -0.39 is 0 Å². The summed E-state index contributed by atoms with van der Waals surface area (Å²) in [7, 11) is 0. The average molecular weight is 373 g/mol. The molecule has 1 aliphatic carbocycles. The van der Waals surface area contributed by atoms with Crippen LogP contribution in [0.1, 0.15) is 29.2 Å². The van der Waals surface area contributed by atoms with Crippen molar-refractivity contribution in [1.29, 1.82) is 0 Å². The predicted octanol–water partition coefficient (Wildman–Crippen LogP) is 6.98. The lowest BCUT2D eigenvalue weighted by Gasteiger charge is -2.07. The summed E-state index contributed by atoms with van der Waals surface area (Å²) in [6, 6.07) is 31.6. The van der Waals surface area contributed by atoms with E-state index in [4.69, 9.17) is 0 Å². The maximum absolute atomic E-state index is 2.42. The van der Waals surface area contributed by atoms with Crippen molar-refractivity contribution in [1.82, 2.24) is 4.57 Å². The molecule has 0 spiro atoms. The Morgan fingerprint density at radius 3 is 2.31 bits per heavy atom. The molecule has 0 saturated carbocycles. The average Bonchev–Trinajstić information content (AvgIpc) is 3.29. The zero-order valence-electron chi connectivity index (χ0n) is 16.7. The molecule has 1 heteroatoms. The van der Waals surface area contributed by atoms with Gasteiger partial charge in [0.25, 0.3) is 0 Å². The molecule has 0 N–H and O–H groups in total. The van der Waals surface area contributed by atoms with E-state index in [0.29, 0.717) is 0 Å². The van der Waals surface area contributed by atoms with Gasteiger partial charge in [0, 0.05) is 28.4 Å². The number of hydrogen-bond acceptors (Lipinski definition) is 0. The van der Waals surface area contributed by atoms with E-state index >= 15 is 0 Å². The molecule has 4 aromatic carbocycles. The molecule has 0 amide bonds. The Balaban J connectivity index is 1.42. The van der Waals surface area contributed by atoms with Crippen molar-refractivity contribution >= 4 is 21.8 Å². The van der Waals surface area contributed by atoms with Crippen LogP contribution in [-0.2, 0) is 19.4 Å². The van der Waals surface area contributed by atoms with Crippen molar-refractivity contribution in [2.45, 2.75) is 26.3 Å². The van der Waals surface area contributed by atoms with Crippen LogP contribution in [0.3, 0.4) is 0 Å². The third-order valence-electron chi connectivity index (χ3n) is 6.42. The summed E-state index contributed by atoms with van der Waals surface area (Å²) in [5, 5.41) is 2.72. The van der Waals surface area contributed by atoms with Crippen molar-refractivity contribution in [3.05, 3.63) is 107 Å². The molecule has 0 aliphatic heterocycles. The van der Waals surface area contributed by atoms with E-state index in [1.54, 1.807) is 0 Å². The number of aryl methyl sites for hydroxylation is 1. The Morgan fingerprint density at radius 1 is 0.655 bits per heavy atom. The summed E-state index contributed by atoms with van der Waals surface area (Å²) in [6.07, 6.45) is 2.03. The van der Waals surface area contributed by atoms with E-state index in [0.717, 1.165) is 19.4 Å². The van der Waals surface area contributed by atoms with Gasteiger partial charge in [-0.05, 0) is 71.3 Å². The van der Waals surface area contributed by atoms with E-state index in [1.165, 1.54) is 55.2 Å². The van der Waals surface area contributed by atoms with E-state index in [9.17, 15) is 0 Å². The predicted molar refractivity (Wildman–Crippen MR) is 123 cm³/mol. The lowest BCUT2D eigenvalue weighted by atomic mass is 9.98. The molecule has 29 heavy (non-hydrogen) atoms. The largest absolute Gasteiger partial charge is 0.341 e. The molecule has 0 radical (unpaired) electrons. The summed E-state index contributed by atoms with van der Waals surface area (Å²) in [5.41, 5.74) is 11.2. The highest BCUT2D eigenvalue weighted by molar-refractivity contribution is 6.08. The van der Waals surface area contributed by atoms with Crippen LogP contribution in [0.5, 0.6) is 0 Å². The summed E-state index contributed by atoms with van der Waals surface area (Å²) in [4.78, 5) is 0. The number of fused-ring (bicyclic) bond motifs is 6. The van der Waals surface area contributed by atoms with Gasteiger partial charge in [-0.1, -0.05) is 66.7 Å². The second-order valence-corrected chi connectivity index (χ2v) is 8.12. The van der Waals surface area contributed by atoms with E-state index in [2.05, 4.69) is 96.4 Å². The molecule has 0 saturated heterocycles. The summed E-state index contributed by atoms with van der Waals surface area (Å²) < 4.78 is 2.42. The Morgan fingerprint density at radius 2 is 1.38 bits per heavy atom. The summed E-state index contributed by atoms with van der Waals surface area (Å²) >= 11 is 0. The van der Waals surface area contributed by atoms with Gasteiger partial charge < -0.3 is 4.57 Å². The first-order valence-corrected chi connectivity index (χ1v) is 10.5. The van der Waals surface area contributed by atoms with Crippen LogP contribution in [0.2, 0.25) is 0 Å². The van der Waals surface area contributed by atoms with Gasteiger partial charge in [-0.25, -0.2) is 0 Å². The second kappa shape index (κ2) is 6.35. The molecular weight excluding hydrogens is 350 g/mol. The van der Waals surface area contributed by atoms with Crippen LogP contribution in [0.4, 0.5) is 0 Å². The second-order valence-electron chi connectivity index (χ2n) is 8.12. The van der Waals surface area contributed by atoms with Crippen molar-refractivity contribution in [3.8, 4) is 11.1 Å². The number of para-hydroxylation sites is 1. The maximum atomic E-state index is 2.42. The molecule has 6 rings (SSSR count). The molecule has 5 aromatic rings. The first-order chi connectivity index (χ1) is 14.3. The van der Waals surface area contributed by atoms with Crippen LogP contribution in [0, 0.1) is 0 Å². The smallest absolute Gasteiger partial charge is 0.0491 e. The van der Waals surface area contributed by atoms with Gasteiger partial charge >= 0.3 is 0 Å². The monoisotopic (exact) mass is 373 g/mol. The van der Waals surface area contributed by atoms with Crippen molar-refractivity contribution in [3.63, 3.8) is 0 Å². The molecule has 1 nitrogen and oxygen atoms in total. The van der Waals surface area contributed by atoms with Crippen LogP contribution < -0.4 is 0 Å². The van der Waals surface area contributed by atoms with E-state index in [-0.39, 0.29) is 0 Å². The minimum Gasteiger partial charge on any atom is -0.341 e.